The second-order valence-corrected chi connectivity index (χ2v) is 6.16. The number of aromatic nitrogens is 2. The van der Waals surface area contributed by atoms with Crippen LogP contribution in [0.5, 0.6) is 0 Å². The molecule has 150 valence electrons. The third-order valence-corrected chi connectivity index (χ3v) is 4.21. The fraction of sp³-hybridized carbons (Fsp3) is 0.389. The molecule has 0 atom stereocenters. The third-order valence-electron chi connectivity index (χ3n) is 4.21. The molecule has 0 aliphatic carbocycles. The number of halogens is 3. The van der Waals surface area contributed by atoms with E-state index in [1.807, 2.05) is 6.07 Å². The average Bonchev–Trinajstić information content (AvgIpc) is 2.71. The van der Waals surface area contributed by atoms with Crippen LogP contribution in [0.1, 0.15) is 15.9 Å². The monoisotopic (exact) mass is 395 g/mol. The molecule has 0 radical (unpaired) electrons. The summed E-state index contributed by atoms with van der Waals surface area (Å²) in [6.07, 6.45) is -2.74. The van der Waals surface area contributed by atoms with Crippen molar-refractivity contribution in [3.05, 3.63) is 47.7 Å². The zero-order valence-electron chi connectivity index (χ0n) is 15.0. The van der Waals surface area contributed by atoms with Gasteiger partial charge in [0.05, 0.1) is 30.7 Å². The quantitative estimate of drug-likeness (QED) is 0.730. The zero-order valence-corrected chi connectivity index (χ0v) is 15.0. The van der Waals surface area contributed by atoms with Crippen LogP contribution in [0, 0.1) is 0 Å². The van der Waals surface area contributed by atoms with Gasteiger partial charge >= 0.3 is 6.18 Å². The highest BCUT2D eigenvalue weighted by atomic mass is 19.4. The van der Waals surface area contributed by atoms with Gasteiger partial charge in [-0.15, -0.1) is 5.10 Å². The van der Waals surface area contributed by atoms with Crippen LogP contribution < -0.4 is 15.5 Å². The third kappa shape index (κ3) is 5.32. The molecule has 3 rings (SSSR count). The molecule has 1 fully saturated rings. The molecule has 28 heavy (non-hydrogen) atoms. The molecule has 1 aliphatic heterocycles. The Hall–Kier alpha value is -2.88. The minimum absolute atomic E-state index is 0.169. The van der Waals surface area contributed by atoms with Crippen molar-refractivity contribution in [2.24, 2.45) is 0 Å². The predicted octanol–water partition coefficient (Wildman–Crippen LogP) is 2.17. The highest BCUT2D eigenvalue weighted by Gasteiger charge is 2.30. The molecule has 1 aromatic carbocycles. The normalized spacial score (nSPS) is 14.6. The van der Waals surface area contributed by atoms with E-state index in [2.05, 4.69) is 25.7 Å². The number of morpholine rings is 1. The molecule has 1 saturated heterocycles. The Kier molecular flexibility index (Phi) is 6.30. The molecule has 7 nitrogen and oxygen atoms in total. The molecule has 2 N–H and O–H groups in total. The molecule has 2 aromatic rings. The first kappa shape index (κ1) is 19.9. The van der Waals surface area contributed by atoms with E-state index in [1.54, 1.807) is 6.20 Å². The number of carbonyl (C=O) groups is 1. The lowest BCUT2D eigenvalue weighted by molar-refractivity contribution is -0.137. The molecule has 10 heteroatoms. The highest BCUT2D eigenvalue weighted by Crippen LogP contribution is 2.29. The van der Waals surface area contributed by atoms with Gasteiger partial charge in [-0.25, -0.2) is 0 Å². The Morgan fingerprint density at radius 3 is 2.54 bits per heavy atom. The number of ether oxygens (including phenoxy) is 1. The number of hydrogen-bond donors (Lipinski definition) is 2. The maximum atomic E-state index is 12.5. The molecular weight excluding hydrogens is 375 g/mol. The predicted molar refractivity (Wildman–Crippen MR) is 97.3 cm³/mol. The van der Waals surface area contributed by atoms with Crippen LogP contribution in [0.2, 0.25) is 0 Å². The Morgan fingerprint density at radius 2 is 1.86 bits per heavy atom. The van der Waals surface area contributed by atoms with E-state index < -0.39 is 17.6 Å². The summed E-state index contributed by atoms with van der Waals surface area (Å²) in [6.45, 7) is 3.59. The maximum Gasteiger partial charge on any atom is 0.416 e. The Bertz CT molecular complexity index is 793. The van der Waals surface area contributed by atoms with E-state index in [4.69, 9.17) is 4.74 Å². The van der Waals surface area contributed by atoms with Gasteiger partial charge in [0, 0.05) is 37.8 Å². The van der Waals surface area contributed by atoms with Crippen LogP contribution >= 0.6 is 0 Å². The smallest absolute Gasteiger partial charge is 0.378 e. The maximum absolute atomic E-state index is 12.5. The van der Waals surface area contributed by atoms with Crippen LogP contribution in [-0.2, 0) is 10.9 Å². The second-order valence-electron chi connectivity index (χ2n) is 6.16. The number of carbonyl (C=O) groups excluding carboxylic acids is 1. The topological polar surface area (TPSA) is 79.4 Å². The number of alkyl halides is 3. The lowest BCUT2D eigenvalue weighted by Crippen LogP contribution is -2.36. The van der Waals surface area contributed by atoms with Crippen molar-refractivity contribution < 1.29 is 22.7 Å². The fourth-order valence-electron chi connectivity index (χ4n) is 2.72. The number of nitrogens with one attached hydrogen (secondary N) is 2. The molecular formula is C18H20F3N5O2. The van der Waals surface area contributed by atoms with Gasteiger partial charge in [-0.05, 0) is 24.3 Å². The van der Waals surface area contributed by atoms with E-state index in [-0.39, 0.29) is 12.1 Å². The molecule has 0 saturated carbocycles. The molecule has 1 aromatic heterocycles. The summed E-state index contributed by atoms with van der Waals surface area (Å²) in [5.74, 6) is 0.136. The van der Waals surface area contributed by atoms with E-state index >= 15 is 0 Å². The van der Waals surface area contributed by atoms with Crippen LogP contribution in [0.3, 0.4) is 0 Å². The van der Waals surface area contributed by atoms with E-state index in [9.17, 15) is 18.0 Å². The van der Waals surface area contributed by atoms with Gasteiger partial charge < -0.3 is 20.3 Å². The lowest BCUT2D eigenvalue weighted by atomic mass is 10.1. The number of nitrogens with zero attached hydrogens (tertiary/aromatic N) is 3. The zero-order chi connectivity index (χ0) is 20.0. The van der Waals surface area contributed by atoms with Gasteiger partial charge in [-0.1, -0.05) is 0 Å². The van der Waals surface area contributed by atoms with Gasteiger partial charge in [0.1, 0.15) is 0 Å². The van der Waals surface area contributed by atoms with Gasteiger partial charge in [-0.2, -0.15) is 18.3 Å². The lowest BCUT2D eigenvalue weighted by Gasteiger charge is -2.28. The van der Waals surface area contributed by atoms with Crippen LogP contribution in [0.4, 0.5) is 24.7 Å². The van der Waals surface area contributed by atoms with Gasteiger partial charge in [0.15, 0.2) is 5.82 Å². The number of anilines is 2. The number of hydrogen-bond acceptors (Lipinski definition) is 6. The summed E-state index contributed by atoms with van der Waals surface area (Å²) in [5.41, 5.74) is 0.320. The minimum Gasteiger partial charge on any atom is -0.378 e. The minimum atomic E-state index is -4.42. The van der Waals surface area contributed by atoms with Crippen molar-refractivity contribution in [3.63, 3.8) is 0 Å². The van der Waals surface area contributed by atoms with E-state index in [0.29, 0.717) is 25.6 Å². The SMILES string of the molecule is O=C(NCCNc1cc(N2CCOCC2)cnn1)c1ccc(C(F)(F)F)cc1. The summed E-state index contributed by atoms with van der Waals surface area (Å²) in [7, 11) is 0. The molecule has 0 spiro atoms. The van der Waals surface area contributed by atoms with Crippen LogP contribution in [-0.4, -0.2) is 55.5 Å². The van der Waals surface area contributed by atoms with Crippen molar-refractivity contribution >= 4 is 17.4 Å². The van der Waals surface area contributed by atoms with Crippen molar-refractivity contribution in [2.75, 3.05) is 49.6 Å². The van der Waals surface area contributed by atoms with Crippen molar-refractivity contribution in [2.45, 2.75) is 6.18 Å². The largest absolute Gasteiger partial charge is 0.416 e. The number of amides is 1. The summed E-state index contributed by atoms with van der Waals surface area (Å²) in [4.78, 5) is 14.2. The first-order valence-electron chi connectivity index (χ1n) is 8.78. The molecule has 1 amide bonds. The summed E-state index contributed by atoms with van der Waals surface area (Å²) < 4.78 is 43.0. The fourth-order valence-corrected chi connectivity index (χ4v) is 2.72. The molecule has 1 aliphatic rings. The second kappa shape index (κ2) is 8.87. The average molecular weight is 395 g/mol. The van der Waals surface area contributed by atoms with Gasteiger partial charge in [-0.3, -0.25) is 4.79 Å². The Balaban J connectivity index is 1.46. The van der Waals surface area contributed by atoms with Crippen LogP contribution in [0.15, 0.2) is 36.5 Å². The Morgan fingerprint density at radius 1 is 1.14 bits per heavy atom. The number of rotatable bonds is 6. The first-order chi connectivity index (χ1) is 13.4. The highest BCUT2D eigenvalue weighted by molar-refractivity contribution is 5.94. The summed E-state index contributed by atoms with van der Waals surface area (Å²) in [5, 5.41) is 13.7. The van der Waals surface area contributed by atoms with Crippen LogP contribution in [0.25, 0.3) is 0 Å². The summed E-state index contributed by atoms with van der Waals surface area (Å²) in [6, 6.07) is 5.96. The molecule has 2 heterocycles. The van der Waals surface area contributed by atoms with Crippen molar-refractivity contribution in [1.82, 2.24) is 15.5 Å². The molecule has 0 bridgehead atoms. The van der Waals surface area contributed by atoms with Gasteiger partial charge in [0.25, 0.3) is 5.91 Å². The molecule has 0 unspecified atom stereocenters. The number of benzene rings is 1. The van der Waals surface area contributed by atoms with Gasteiger partial charge in [0.2, 0.25) is 0 Å². The van der Waals surface area contributed by atoms with E-state index in [1.165, 1.54) is 0 Å². The first-order valence-corrected chi connectivity index (χ1v) is 8.78. The van der Waals surface area contributed by atoms with Crippen molar-refractivity contribution in [1.29, 1.82) is 0 Å². The van der Waals surface area contributed by atoms with E-state index in [0.717, 1.165) is 43.0 Å². The van der Waals surface area contributed by atoms with Crippen molar-refractivity contribution in [3.8, 4) is 0 Å². The summed E-state index contributed by atoms with van der Waals surface area (Å²) >= 11 is 0. The Labute approximate surface area is 159 Å². The standard InChI is InChI=1S/C18H20F3N5O2/c19-18(20,21)14-3-1-13(2-4-14)17(27)23-6-5-22-16-11-15(12-24-25-16)26-7-9-28-10-8-26/h1-4,11-12H,5-10H2,(H,22,25)(H,23,27).